The second-order valence-corrected chi connectivity index (χ2v) is 8.61. The Bertz CT molecular complexity index is 1090. The van der Waals surface area contributed by atoms with Crippen LogP contribution in [-0.4, -0.2) is 20.9 Å². The van der Waals surface area contributed by atoms with Gasteiger partial charge in [-0.05, 0) is 42.8 Å². The van der Waals surface area contributed by atoms with Gasteiger partial charge in [0.25, 0.3) is 5.91 Å². The molecular formula is C21H21ClN2O5S. The molecule has 0 aliphatic rings. The lowest BCUT2D eigenvalue weighted by Crippen LogP contribution is -2.28. The van der Waals surface area contributed by atoms with Crippen molar-refractivity contribution in [2.45, 2.75) is 24.4 Å². The van der Waals surface area contributed by atoms with Gasteiger partial charge in [-0.15, -0.1) is 0 Å². The van der Waals surface area contributed by atoms with Crippen LogP contribution in [0.4, 0.5) is 0 Å². The molecule has 0 saturated carbocycles. The average Bonchev–Trinajstić information content (AvgIpc) is 3.25. The summed E-state index contributed by atoms with van der Waals surface area (Å²) in [5.74, 6) is 0.463. The minimum absolute atomic E-state index is 0.00454. The van der Waals surface area contributed by atoms with Gasteiger partial charge in [0.2, 0.25) is 10.0 Å². The Hall–Kier alpha value is -2.81. The molecule has 1 amide bonds. The number of halogens is 1. The third-order valence-corrected chi connectivity index (χ3v) is 6.08. The van der Waals surface area contributed by atoms with Gasteiger partial charge < -0.3 is 14.5 Å². The number of nitrogens with one attached hydrogen (secondary N) is 2. The number of sulfonamides is 1. The summed E-state index contributed by atoms with van der Waals surface area (Å²) in [6.45, 7) is 1.73. The van der Waals surface area contributed by atoms with Gasteiger partial charge in [0.1, 0.15) is 11.5 Å². The number of carbonyl (C=O) groups excluding carboxylic acids is 1. The smallest absolute Gasteiger partial charge is 0.258 e. The lowest BCUT2D eigenvalue weighted by Gasteiger charge is -2.15. The highest BCUT2D eigenvalue weighted by Gasteiger charge is 2.20. The van der Waals surface area contributed by atoms with Gasteiger partial charge >= 0.3 is 0 Å². The number of amides is 1. The van der Waals surface area contributed by atoms with Crippen molar-refractivity contribution in [3.63, 3.8) is 0 Å². The standard InChI is InChI=1S/C21H21ClN2O5S/c1-15(16-6-3-2-4-7-16)24-30(26,27)18-9-10-20(19(22)12-18)29-14-21(25)23-13-17-8-5-11-28-17/h2-12,15,24H,13-14H2,1H3,(H,23,25)/t15-/m0/s1. The van der Waals surface area contributed by atoms with Crippen molar-refractivity contribution in [3.8, 4) is 5.75 Å². The first kappa shape index (κ1) is 21.9. The molecule has 0 saturated heterocycles. The first-order chi connectivity index (χ1) is 14.3. The molecule has 3 rings (SSSR count). The lowest BCUT2D eigenvalue weighted by molar-refractivity contribution is -0.123. The van der Waals surface area contributed by atoms with Crippen LogP contribution in [0, 0.1) is 0 Å². The number of hydrogen-bond acceptors (Lipinski definition) is 5. The zero-order valence-corrected chi connectivity index (χ0v) is 17.7. The normalized spacial score (nSPS) is 12.3. The van der Waals surface area contributed by atoms with Crippen molar-refractivity contribution >= 4 is 27.5 Å². The fraction of sp³-hybridized carbons (Fsp3) is 0.190. The number of ether oxygens (including phenoxy) is 1. The van der Waals surface area contributed by atoms with E-state index in [1.165, 1.54) is 24.5 Å². The third kappa shape index (κ3) is 5.85. The number of hydrogen-bond donors (Lipinski definition) is 2. The van der Waals surface area contributed by atoms with Crippen LogP contribution in [0.5, 0.6) is 5.75 Å². The summed E-state index contributed by atoms with van der Waals surface area (Å²) in [6.07, 6.45) is 1.52. The summed E-state index contributed by atoms with van der Waals surface area (Å²) in [5.41, 5.74) is 0.840. The van der Waals surface area contributed by atoms with Crippen molar-refractivity contribution in [1.29, 1.82) is 0 Å². The summed E-state index contributed by atoms with van der Waals surface area (Å²) in [5, 5.41) is 2.73. The number of rotatable bonds is 9. The summed E-state index contributed by atoms with van der Waals surface area (Å²) in [7, 11) is -3.79. The molecule has 0 bridgehead atoms. The van der Waals surface area contributed by atoms with E-state index in [4.69, 9.17) is 20.8 Å². The first-order valence-corrected chi connectivity index (χ1v) is 11.0. The van der Waals surface area contributed by atoms with Crippen molar-refractivity contribution in [3.05, 3.63) is 83.3 Å². The Labute approximate surface area is 180 Å². The van der Waals surface area contributed by atoms with Gasteiger partial charge in [0, 0.05) is 6.04 Å². The van der Waals surface area contributed by atoms with Gasteiger partial charge in [-0.25, -0.2) is 13.1 Å². The van der Waals surface area contributed by atoms with Gasteiger partial charge in [-0.2, -0.15) is 0 Å². The molecule has 0 spiro atoms. The van der Waals surface area contributed by atoms with Crippen LogP contribution in [0.1, 0.15) is 24.3 Å². The van der Waals surface area contributed by atoms with Gasteiger partial charge in [0.15, 0.2) is 6.61 Å². The average molecular weight is 449 g/mol. The molecule has 1 heterocycles. The van der Waals surface area contributed by atoms with Gasteiger partial charge in [-0.3, -0.25) is 4.79 Å². The second-order valence-electron chi connectivity index (χ2n) is 6.49. The predicted molar refractivity (Wildman–Crippen MR) is 113 cm³/mol. The molecule has 2 aromatic carbocycles. The maximum Gasteiger partial charge on any atom is 0.258 e. The molecule has 0 fully saturated rings. The van der Waals surface area contributed by atoms with E-state index < -0.39 is 16.1 Å². The van der Waals surface area contributed by atoms with E-state index >= 15 is 0 Å². The Morgan fingerprint density at radius 2 is 1.90 bits per heavy atom. The van der Waals surface area contributed by atoms with E-state index in [0.29, 0.717) is 5.76 Å². The zero-order chi connectivity index (χ0) is 21.6. The van der Waals surface area contributed by atoms with E-state index in [0.717, 1.165) is 5.56 Å². The highest BCUT2D eigenvalue weighted by atomic mass is 35.5. The van der Waals surface area contributed by atoms with Crippen molar-refractivity contribution in [1.82, 2.24) is 10.0 Å². The van der Waals surface area contributed by atoms with Crippen LogP contribution in [0.25, 0.3) is 0 Å². The Kier molecular flexibility index (Phi) is 7.15. The minimum atomic E-state index is -3.79. The van der Waals surface area contributed by atoms with Gasteiger partial charge in [0.05, 0.1) is 22.7 Å². The molecule has 7 nitrogen and oxygen atoms in total. The van der Waals surface area contributed by atoms with Crippen LogP contribution >= 0.6 is 11.6 Å². The molecule has 30 heavy (non-hydrogen) atoms. The van der Waals surface area contributed by atoms with Crippen LogP contribution in [0.15, 0.2) is 76.2 Å². The monoisotopic (exact) mass is 448 g/mol. The first-order valence-electron chi connectivity index (χ1n) is 9.14. The maximum absolute atomic E-state index is 12.7. The van der Waals surface area contributed by atoms with E-state index in [1.807, 2.05) is 30.3 Å². The summed E-state index contributed by atoms with van der Waals surface area (Å²) in [4.78, 5) is 11.9. The molecular weight excluding hydrogens is 428 g/mol. The second kappa shape index (κ2) is 9.80. The predicted octanol–water partition coefficient (Wildman–Crippen LogP) is 3.67. The van der Waals surface area contributed by atoms with Crippen molar-refractivity contribution in [2.24, 2.45) is 0 Å². The minimum Gasteiger partial charge on any atom is -0.482 e. The highest BCUT2D eigenvalue weighted by molar-refractivity contribution is 7.89. The fourth-order valence-electron chi connectivity index (χ4n) is 2.67. The number of furan rings is 1. The van der Waals surface area contributed by atoms with Crippen molar-refractivity contribution < 1.29 is 22.4 Å². The van der Waals surface area contributed by atoms with Crippen LogP contribution < -0.4 is 14.8 Å². The van der Waals surface area contributed by atoms with E-state index in [2.05, 4.69) is 10.0 Å². The largest absolute Gasteiger partial charge is 0.482 e. The van der Waals surface area contributed by atoms with Crippen LogP contribution in [-0.2, 0) is 21.4 Å². The van der Waals surface area contributed by atoms with E-state index in [-0.39, 0.29) is 34.7 Å². The summed E-state index contributed by atoms with van der Waals surface area (Å²) >= 11 is 6.17. The van der Waals surface area contributed by atoms with Crippen LogP contribution in [0.2, 0.25) is 5.02 Å². The quantitative estimate of drug-likeness (QED) is 0.520. The molecule has 1 atom stereocenters. The molecule has 0 aliphatic carbocycles. The maximum atomic E-state index is 12.7. The fourth-order valence-corrected chi connectivity index (χ4v) is 4.23. The summed E-state index contributed by atoms with van der Waals surface area (Å²) in [6, 6.07) is 16.4. The van der Waals surface area contributed by atoms with Crippen LogP contribution in [0.3, 0.4) is 0 Å². The summed E-state index contributed by atoms with van der Waals surface area (Å²) < 4.78 is 38.5. The number of benzene rings is 2. The molecule has 3 aromatic rings. The van der Waals surface area contributed by atoms with E-state index in [9.17, 15) is 13.2 Å². The molecule has 0 unspecified atom stereocenters. The highest BCUT2D eigenvalue weighted by Crippen LogP contribution is 2.28. The molecule has 2 N–H and O–H groups in total. The van der Waals surface area contributed by atoms with E-state index in [1.54, 1.807) is 19.1 Å². The Morgan fingerprint density at radius 1 is 1.13 bits per heavy atom. The SMILES string of the molecule is C[C@H](NS(=O)(=O)c1ccc(OCC(=O)NCc2ccco2)c(Cl)c1)c1ccccc1. The molecule has 9 heteroatoms. The van der Waals surface area contributed by atoms with Gasteiger partial charge in [-0.1, -0.05) is 41.9 Å². The Morgan fingerprint density at radius 3 is 2.57 bits per heavy atom. The Balaban J connectivity index is 1.59. The number of carbonyl (C=O) groups is 1. The lowest BCUT2D eigenvalue weighted by atomic mass is 10.1. The molecule has 1 aromatic heterocycles. The topological polar surface area (TPSA) is 97.6 Å². The molecule has 158 valence electrons. The molecule has 0 aliphatic heterocycles. The van der Waals surface area contributed by atoms with Crippen molar-refractivity contribution in [2.75, 3.05) is 6.61 Å². The zero-order valence-electron chi connectivity index (χ0n) is 16.2. The third-order valence-electron chi connectivity index (χ3n) is 4.24. The molecule has 0 radical (unpaired) electrons.